The Morgan fingerprint density at radius 1 is 1.45 bits per heavy atom. The summed E-state index contributed by atoms with van der Waals surface area (Å²) in [4.78, 5) is 11.6. The van der Waals surface area contributed by atoms with Crippen LogP contribution < -0.4 is 5.32 Å². The van der Waals surface area contributed by atoms with Gasteiger partial charge in [-0.3, -0.25) is 4.79 Å². The van der Waals surface area contributed by atoms with E-state index in [4.69, 9.17) is 4.42 Å². The molecular weight excluding hydrogens is 274 g/mol. The molecule has 3 rings (SSSR count). The number of amides is 1. The molecule has 2 heterocycles. The zero-order chi connectivity index (χ0) is 13.9. The predicted octanol–water partition coefficient (Wildman–Crippen LogP) is 2.96. The number of nitrogens with one attached hydrogen (secondary N) is 1. The zero-order valence-electron chi connectivity index (χ0n) is 11.0. The molecule has 20 heavy (non-hydrogen) atoms. The first-order valence-electron chi connectivity index (χ1n) is 6.79. The van der Waals surface area contributed by atoms with E-state index in [0.29, 0.717) is 18.1 Å². The summed E-state index contributed by atoms with van der Waals surface area (Å²) in [7, 11) is 0. The van der Waals surface area contributed by atoms with E-state index in [0.717, 1.165) is 24.2 Å². The number of rotatable bonds is 6. The molecule has 1 fully saturated rings. The van der Waals surface area contributed by atoms with Crippen LogP contribution in [0.25, 0.3) is 11.3 Å². The zero-order valence-corrected chi connectivity index (χ0v) is 11.9. The SMILES string of the molecule is O=C(CC1CC1)NC[C@H](O)c1ccc(-c2ccsc2)o1. The molecule has 1 aliphatic rings. The molecule has 2 aromatic rings. The molecule has 0 saturated heterocycles. The highest BCUT2D eigenvalue weighted by Crippen LogP contribution is 2.32. The van der Waals surface area contributed by atoms with Gasteiger partial charge in [0.05, 0.1) is 6.54 Å². The maximum absolute atomic E-state index is 11.6. The third-order valence-electron chi connectivity index (χ3n) is 3.42. The van der Waals surface area contributed by atoms with Gasteiger partial charge in [0.1, 0.15) is 17.6 Å². The molecule has 0 aromatic carbocycles. The van der Waals surface area contributed by atoms with Crippen molar-refractivity contribution in [1.29, 1.82) is 0 Å². The van der Waals surface area contributed by atoms with Crippen molar-refractivity contribution in [3.05, 3.63) is 34.7 Å². The summed E-state index contributed by atoms with van der Waals surface area (Å²) in [5, 5.41) is 16.7. The number of thiophene rings is 1. The standard InChI is InChI=1S/C15H17NO3S/c17-12(8-16-15(18)7-10-1-2-10)14-4-3-13(19-14)11-5-6-20-9-11/h3-6,9-10,12,17H,1-2,7-8H2,(H,16,18)/t12-/m0/s1. The van der Waals surface area contributed by atoms with Crippen molar-refractivity contribution in [1.82, 2.24) is 5.32 Å². The van der Waals surface area contributed by atoms with Crippen molar-refractivity contribution in [2.24, 2.45) is 5.92 Å². The molecule has 106 valence electrons. The molecule has 0 spiro atoms. The first-order chi connectivity index (χ1) is 9.72. The molecule has 2 aromatic heterocycles. The van der Waals surface area contributed by atoms with E-state index in [2.05, 4.69) is 5.32 Å². The fourth-order valence-corrected chi connectivity index (χ4v) is 2.70. The lowest BCUT2D eigenvalue weighted by Crippen LogP contribution is -2.28. The van der Waals surface area contributed by atoms with E-state index in [9.17, 15) is 9.90 Å². The molecule has 1 amide bonds. The Balaban J connectivity index is 1.54. The summed E-state index contributed by atoms with van der Waals surface area (Å²) in [6, 6.07) is 5.56. The van der Waals surface area contributed by atoms with Crippen molar-refractivity contribution in [2.45, 2.75) is 25.4 Å². The summed E-state index contributed by atoms with van der Waals surface area (Å²) in [6.45, 7) is 0.197. The summed E-state index contributed by atoms with van der Waals surface area (Å²) >= 11 is 1.60. The lowest BCUT2D eigenvalue weighted by atomic mass is 10.2. The Labute approximate surface area is 121 Å². The van der Waals surface area contributed by atoms with Crippen molar-refractivity contribution in [3.8, 4) is 11.3 Å². The molecule has 0 aliphatic heterocycles. The highest BCUT2D eigenvalue weighted by atomic mass is 32.1. The van der Waals surface area contributed by atoms with Crippen molar-refractivity contribution < 1.29 is 14.3 Å². The molecule has 4 nitrogen and oxygen atoms in total. The Morgan fingerprint density at radius 3 is 3.00 bits per heavy atom. The van der Waals surface area contributed by atoms with Crippen LogP contribution in [-0.4, -0.2) is 17.6 Å². The molecule has 1 saturated carbocycles. The van der Waals surface area contributed by atoms with Crippen LogP contribution in [0.1, 0.15) is 31.1 Å². The maximum Gasteiger partial charge on any atom is 0.220 e. The second-order valence-electron chi connectivity index (χ2n) is 5.18. The van der Waals surface area contributed by atoms with Gasteiger partial charge < -0.3 is 14.8 Å². The van der Waals surface area contributed by atoms with Crippen molar-refractivity contribution in [3.63, 3.8) is 0 Å². The lowest BCUT2D eigenvalue weighted by Gasteiger charge is -2.09. The van der Waals surface area contributed by atoms with Crippen LogP contribution >= 0.6 is 11.3 Å². The van der Waals surface area contributed by atoms with Gasteiger partial charge in [0.25, 0.3) is 0 Å². The number of furan rings is 1. The van der Waals surface area contributed by atoms with Crippen LogP contribution in [0, 0.1) is 5.92 Å². The van der Waals surface area contributed by atoms with Gasteiger partial charge in [-0.05, 0) is 42.3 Å². The summed E-state index contributed by atoms with van der Waals surface area (Å²) in [5.74, 6) is 1.79. The molecule has 1 aliphatic carbocycles. The van der Waals surface area contributed by atoms with Crippen LogP contribution in [0.5, 0.6) is 0 Å². The molecule has 0 bridgehead atoms. The highest BCUT2D eigenvalue weighted by molar-refractivity contribution is 7.08. The van der Waals surface area contributed by atoms with Gasteiger partial charge in [-0.25, -0.2) is 0 Å². The average Bonchev–Trinajstić information content (AvgIpc) is 2.97. The smallest absolute Gasteiger partial charge is 0.220 e. The molecule has 0 unspecified atom stereocenters. The summed E-state index contributed by atoms with van der Waals surface area (Å²) in [5.41, 5.74) is 1.01. The molecule has 1 atom stereocenters. The number of hydrogen-bond acceptors (Lipinski definition) is 4. The van der Waals surface area contributed by atoms with Gasteiger partial charge in [0, 0.05) is 17.4 Å². The number of hydrogen-bond donors (Lipinski definition) is 2. The molecular formula is C15H17NO3S. The topological polar surface area (TPSA) is 62.5 Å². The average molecular weight is 291 g/mol. The van der Waals surface area contributed by atoms with E-state index in [1.54, 1.807) is 17.4 Å². The third-order valence-corrected chi connectivity index (χ3v) is 4.11. The maximum atomic E-state index is 11.6. The van der Waals surface area contributed by atoms with Crippen LogP contribution in [0.2, 0.25) is 0 Å². The first-order valence-corrected chi connectivity index (χ1v) is 7.73. The third kappa shape index (κ3) is 3.29. The van der Waals surface area contributed by atoms with Crippen LogP contribution in [0.15, 0.2) is 33.4 Å². The Bertz CT molecular complexity index is 572. The van der Waals surface area contributed by atoms with Gasteiger partial charge in [-0.2, -0.15) is 11.3 Å². The highest BCUT2D eigenvalue weighted by Gasteiger charge is 2.24. The number of aliphatic hydroxyl groups excluding tert-OH is 1. The normalized spacial score (nSPS) is 16.1. The quantitative estimate of drug-likeness (QED) is 0.860. The van der Waals surface area contributed by atoms with Gasteiger partial charge >= 0.3 is 0 Å². The van der Waals surface area contributed by atoms with E-state index >= 15 is 0 Å². The molecule has 0 radical (unpaired) electrons. The van der Waals surface area contributed by atoms with Gasteiger partial charge in [0.2, 0.25) is 5.91 Å². The minimum Gasteiger partial charge on any atom is -0.458 e. The Morgan fingerprint density at radius 2 is 2.30 bits per heavy atom. The van der Waals surface area contributed by atoms with Crippen LogP contribution in [-0.2, 0) is 4.79 Å². The summed E-state index contributed by atoms with van der Waals surface area (Å²) in [6.07, 6.45) is 2.08. The van der Waals surface area contributed by atoms with E-state index in [-0.39, 0.29) is 12.5 Å². The molecule has 2 N–H and O–H groups in total. The number of carbonyl (C=O) groups excluding carboxylic acids is 1. The minimum atomic E-state index is -0.800. The largest absolute Gasteiger partial charge is 0.458 e. The van der Waals surface area contributed by atoms with Crippen LogP contribution in [0.3, 0.4) is 0 Å². The fourth-order valence-electron chi connectivity index (χ4n) is 2.06. The van der Waals surface area contributed by atoms with Gasteiger partial charge in [-0.15, -0.1) is 0 Å². The van der Waals surface area contributed by atoms with Gasteiger partial charge in [-0.1, -0.05) is 0 Å². The van der Waals surface area contributed by atoms with Crippen molar-refractivity contribution in [2.75, 3.05) is 6.54 Å². The van der Waals surface area contributed by atoms with E-state index in [1.165, 1.54) is 0 Å². The lowest BCUT2D eigenvalue weighted by molar-refractivity contribution is -0.121. The van der Waals surface area contributed by atoms with Crippen molar-refractivity contribution >= 4 is 17.2 Å². The number of aliphatic hydroxyl groups is 1. The Kier molecular flexibility index (Phi) is 3.89. The monoisotopic (exact) mass is 291 g/mol. The van der Waals surface area contributed by atoms with Gasteiger partial charge in [0.15, 0.2) is 0 Å². The number of carbonyl (C=O) groups is 1. The second-order valence-corrected chi connectivity index (χ2v) is 5.96. The molecule has 5 heteroatoms. The second kappa shape index (κ2) is 5.81. The van der Waals surface area contributed by atoms with Crippen LogP contribution in [0.4, 0.5) is 0 Å². The summed E-state index contributed by atoms with van der Waals surface area (Å²) < 4.78 is 5.62. The minimum absolute atomic E-state index is 0.0103. The predicted molar refractivity (Wildman–Crippen MR) is 77.3 cm³/mol. The first kappa shape index (κ1) is 13.4. The van der Waals surface area contributed by atoms with E-state index < -0.39 is 6.10 Å². The van der Waals surface area contributed by atoms with E-state index in [1.807, 2.05) is 22.9 Å². The fraction of sp³-hybridized carbons (Fsp3) is 0.400. The Hall–Kier alpha value is -1.59.